The van der Waals surface area contributed by atoms with Gasteiger partial charge in [0.25, 0.3) is 0 Å². The molecule has 1 aliphatic heterocycles. The Hall–Kier alpha value is -2.40. The molecule has 3 heterocycles. The van der Waals surface area contributed by atoms with E-state index >= 15 is 0 Å². The Bertz CT molecular complexity index is 874. The molecule has 1 fully saturated rings. The van der Waals surface area contributed by atoms with E-state index in [4.69, 9.17) is 11.6 Å². The lowest BCUT2D eigenvalue weighted by atomic mass is 10.0. The van der Waals surface area contributed by atoms with Crippen LogP contribution in [0.5, 0.6) is 0 Å². The minimum Gasteiger partial charge on any atom is -0.342 e. The molecular weight excluding hydrogens is 324 g/mol. The van der Waals surface area contributed by atoms with Crippen LogP contribution in [-0.4, -0.2) is 38.3 Å². The molecule has 1 atom stereocenters. The van der Waals surface area contributed by atoms with Gasteiger partial charge in [-0.05, 0) is 30.2 Å². The molecule has 122 valence electrons. The lowest BCUT2D eigenvalue weighted by Crippen LogP contribution is -2.30. The number of fused-ring (bicyclic) bond motifs is 1. The van der Waals surface area contributed by atoms with Crippen LogP contribution in [0.25, 0.3) is 5.78 Å². The molecule has 0 N–H and O–H groups in total. The zero-order valence-electron chi connectivity index (χ0n) is 13.1. The van der Waals surface area contributed by atoms with Crippen LogP contribution in [0.3, 0.4) is 0 Å². The molecule has 24 heavy (non-hydrogen) atoms. The van der Waals surface area contributed by atoms with E-state index in [9.17, 15) is 4.79 Å². The normalized spacial score (nSPS) is 17.5. The van der Waals surface area contributed by atoms with Crippen molar-refractivity contribution in [2.24, 2.45) is 0 Å². The smallest absolute Gasteiger partial charge is 0.233 e. The number of hydrogen-bond donors (Lipinski definition) is 0. The molecule has 1 saturated heterocycles. The lowest BCUT2D eigenvalue weighted by molar-refractivity contribution is -0.129. The third-order valence-electron chi connectivity index (χ3n) is 4.56. The number of nitrogens with zero attached hydrogens (tertiary/aromatic N) is 4. The second kappa shape index (κ2) is 6.24. The van der Waals surface area contributed by atoms with Crippen LogP contribution in [0.1, 0.15) is 23.6 Å². The van der Waals surface area contributed by atoms with Crippen LogP contribution in [0.2, 0.25) is 5.02 Å². The van der Waals surface area contributed by atoms with Gasteiger partial charge >= 0.3 is 0 Å². The zero-order valence-corrected chi connectivity index (χ0v) is 13.9. The van der Waals surface area contributed by atoms with E-state index in [-0.39, 0.29) is 5.91 Å². The van der Waals surface area contributed by atoms with Crippen LogP contribution in [0.4, 0.5) is 0 Å². The number of carbonyl (C=O) groups is 1. The van der Waals surface area contributed by atoms with Crippen molar-refractivity contribution in [3.8, 4) is 0 Å². The molecule has 5 nitrogen and oxygen atoms in total. The Kier molecular flexibility index (Phi) is 3.94. The van der Waals surface area contributed by atoms with Crippen molar-refractivity contribution in [3.05, 3.63) is 65.2 Å². The summed E-state index contributed by atoms with van der Waals surface area (Å²) in [7, 11) is 0. The summed E-state index contributed by atoms with van der Waals surface area (Å²) in [6.07, 6.45) is 6.85. The number of imidazole rings is 1. The monoisotopic (exact) mass is 340 g/mol. The average molecular weight is 341 g/mol. The van der Waals surface area contributed by atoms with Crippen LogP contribution < -0.4 is 0 Å². The van der Waals surface area contributed by atoms with E-state index < -0.39 is 0 Å². The molecule has 1 aromatic carbocycles. The first-order valence-corrected chi connectivity index (χ1v) is 8.39. The van der Waals surface area contributed by atoms with Gasteiger partial charge in [-0.2, -0.15) is 0 Å². The Balaban J connectivity index is 1.47. The van der Waals surface area contributed by atoms with Gasteiger partial charge in [0.1, 0.15) is 0 Å². The van der Waals surface area contributed by atoms with Gasteiger partial charge in [0.05, 0.1) is 6.42 Å². The highest BCUT2D eigenvalue weighted by Crippen LogP contribution is 2.27. The molecule has 0 aliphatic carbocycles. The molecule has 0 spiro atoms. The summed E-state index contributed by atoms with van der Waals surface area (Å²) in [5.74, 6) is 1.19. The zero-order chi connectivity index (χ0) is 16.5. The number of amides is 1. The quantitative estimate of drug-likeness (QED) is 0.736. The number of hydrogen-bond acceptors (Lipinski definition) is 3. The molecule has 2 aromatic heterocycles. The summed E-state index contributed by atoms with van der Waals surface area (Å²) in [5.41, 5.74) is 2.16. The van der Waals surface area contributed by atoms with Crippen LogP contribution in [0.15, 0.2) is 48.9 Å². The van der Waals surface area contributed by atoms with Gasteiger partial charge in [0, 0.05) is 48.3 Å². The summed E-state index contributed by atoms with van der Waals surface area (Å²) in [6.45, 7) is 1.53. The Morgan fingerprint density at radius 2 is 1.96 bits per heavy atom. The summed E-state index contributed by atoms with van der Waals surface area (Å²) in [5, 5.41) is 0.689. The maximum atomic E-state index is 12.6. The molecule has 0 unspecified atom stereocenters. The molecule has 6 heteroatoms. The molecular formula is C18H17ClN4O. The van der Waals surface area contributed by atoms with Crippen LogP contribution in [0, 0.1) is 0 Å². The molecule has 0 radical (unpaired) electrons. The van der Waals surface area contributed by atoms with Crippen molar-refractivity contribution in [2.75, 3.05) is 13.1 Å². The van der Waals surface area contributed by atoms with Gasteiger partial charge in [0.2, 0.25) is 11.7 Å². The second-order valence-electron chi connectivity index (χ2n) is 6.10. The average Bonchev–Trinajstić information content (AvgIpc) is 3.25. The summed E-state index contributed by atoms with van der Waals surface area (Å²) >= 11 is 5.89. The first-order valence-electron chi connectivity index (χ1n) is 8.01. The molecule has 0 bridgehead atoms. The topological polar surface area (TPSA) is 50.5 Å². The Morgan fingerprint density at radius 1 is 1.17 bits per heavy atom. The first kappa shape index (κ1) is 15.1. The highest BCUT2D eigenvalue weighted by Gasteiger charge is 2.28. The van der Waals surface area contributed by atoms with E-state index in [0.717, 1.165) is 25.1 Å². The van der Waals surface area contributed by atoms with Crippen molar-refractivity contribution >= 4 is 23.3 Å². The van der Waals surface area contributed by atoms with E-state index in [2.05, 4.69) is 9.97 Å². The number of halogens is 1. The fraction of sp³-hybridized carbons (Fsp3) is 0.278. The maximum absolute atomic E-state index is 12.6. The summed E-state index contributed by atoms with van der Waals surface area (Å²) in [4.78, 5) is 23.0. The predicted octanol–water partition coefficient (Wildman–Crippen LogP) is 2.94. The lowest BCUT2D eigenvalue weighted by Gasteiger charge is -2.17. The van der Waals surface area contributed by atoms with Gasteiger partial charge in [-0.25, -0.2) is 9.97 Å². The number of likely N-dealkylation sites (tertiary alicyclic amines) is 1. The number of aromatic nitrogens is 3. The van der Waals surface area contributed by atoms with Crippen molar-refractivity contribution in [1.29, 1.82) is 0 Å². The minimum atomic E-state index is 0.163. The molecule has 4 rings (SSSR count). The van der Waals surface area contributed by atoms with Gasteiger partial charge in [-0.3, -0.25) is 9.20 Å². The standard InChI is InChI=1S/C18H17ClN4O/c19-15-3-1-13(2-4-15)11-17(24)22-9-6-14(12-22)16-5-7-20-18-21-8-10-23(16)18/h1-5,7-8,10,14H,6,9,11-12H2/t14-/m0/s1. The van der Waals surface area contributed by atoms with Gasteiger partial charge in [0.15, 0.2) is 0 Å². The van der Waals surface area contributed by atoms with Crippen molar-refractivity contribution in [3.63, 3.8) is 0 Å². The summed E-state index contributed by atoms with van der Waals surface area (Å²) < 4.78 is 2.01. The largest absolute Gasteiger partial charge is 0.342 e. The minimum absolute atomic E-state index is 0.163. The highest BCUT2D eigenvalue weighted by atomic mass is 35.5. The van der Waals surface area contributed by atoms with E-state index in [1.807, 2.05) is 45.8 Å². The third kappa shape index (κ3) is 2.87. The van der Waals surface area contributed by atoms with Gasteiger partial charge < -0.3 is 4.90 Å². The predicted molar refractivity (Wildman–Crippen MR) is 92.1 cm³/mol. The first-order chi connectivity index (χ1) is 11.7. The molecule has 3 aromatic rings. The van der Waals surface area contributed by atoms with Gasteiger partial charge in [-0.15, -0.1) is 0 Å². The fourth-order valence-electron chi connectivity index (χ4n) is 3.30. The van der Waals surface area contributed by atoms with E-state index in [0.29, 0.717) is 23.1 Å². The Labute approximate surface area is 144 Å². The summed E-state index contributed by atoms with van der Waals surface area (Å²) in [6, 6.07) is 9.48. The van der Waals surface area contributed by atoms with Crippen molar-refractivity contribution in [2.45, 2.75) is 18.8 Å². The molecule has 1 amide bonds. The van der Waals surface area contributed by atoms with Crippen LogP contribution >= 0.6 is 11.6 Å². The van der Waals surface area contributed by atoms with Gasteiger partial charge in [-0.1, -0.05) is 23.7 Å². The van der Waals surface area contributed by atoms with Crippen LogP contribution in [-0.2, 0) is 11.2 Å². The number of benzene rings is 1. The number of carbonyl (C=O) groups excluding carboxylic acids is 1. The molecule has 0 saturated carbocycles. The number of rotatable bonds is 3. The van der Waals surface area contributed by atoms with E-state index in [1.165, 1.54) is 5.69 Å². The SMILES string of the molecule is O=C(Cc1ccc(Cl)cc1)N1CC[C@H](c2ccnc3nccn23)C1. The van der Waals surface area contributed by atoms with Crippen molar-refractivity contribution < 1.29 is 4.79 Å². The maximum Gasteiger partial charge on any atom is 0.233 e. The Morgan fingerprint density at radius 3 is 2.79 bits per heavy atom. The third-order valence-corrected chi connectivity index (χ3v) is 4.81. The fourth-order valence-corrected chi connectivity index (χ4v) is 3.43. The van der Waals surface area contributed by atoms with E-state index in [1.54, 1.807) is 12.4 Å². The second-order valence-corrected chi connectivity index (χ2v) is 6.53. The highest BCUT2D eigenvalue weighted by molar-refractivity contribution is 6.30. The van der Waals surface area contributed by atoms with Crippen molar-refractivity contribution in [1.82, 2.24) is 19.3 Å². The molecule has 1 aliphatic rings.